The van der Waals surface area contributed by atoms with Crippen molar-refractivity contribution < 1.29 is 28.5 Å². The van der Waals surface area contributed by atoms with Gasteiger partial charge < -0.3 is 24.3 Å². The third-order valence-corrected chi connectivity index (χ3v) is 6.61. The second-order valence-corrected chi connectivity index (χ2v) is 8.61. The molecule has 0 fully saturated rings. The van der Waals surface area contributed by atoms with Crippen LogP contribution in [-0.4, -0.2) is 39.7 Å². The molecule has 1 aliphatic heterocycles. The van der Waals surface area contributed by atoms with Gasteiger partial charge in [0.2, 0.25) is 5.75 Å². The Morgan fingerprint density at radius 1 is 0.971 bits per heavy atom. The van der Waals surface area contributed by atoms with E-state index in [-0.39, 0.29) is 18.3 Å². The number of dihydropyridines is 1. The number of methoxy groups -OCH3 is 3. The molecule has 2 aromatic carbocycles. The Kier molecular flexibility index (Phi) is 7.15. The van der Waals surface area contributed by atoms with Gasteiger partial charge in [-0.1, -0.05) is 30.3 Å². The van der Waals surface area contributed by atoms with Crippen molar-refractivity contribution in [3.05, 3.63) is 76.1 Å². The van der Waals surface area contributed by atoms with Gasteiger partial charge >= 0.3 is 5.97 Å². The normalized spacial score (nSPS) is 19.6. The molecule has 4 rings (SSSR count). The first kappa shape index (κ1) is 24.4. The van der Waals surface area contributed by atoms with Crippen molar-refractivity contribution in [3.63, 3.8) is 0 Å². The number of hydrogen-bond donors (Lipinski definition) is 1. The number of nitrogens with one attached hydrogen (secondary N) is 1. The second-order valence-electron chi connectivity index (χ2n) is 8.61. The first-order valence-corrected chi connectivity index (χ1v) is 11.7. The Labute approximate surface area is 205 Å². The van der Waals surface area contributed by atoms with Gasteiger partial charge in [-0.15, -0.1) is 0 Å². The molecule has 35 heavy (non-hydrogen) atoms. The fraction of sp³-hybridized carbons (Fsp3) is 0.357. The molecule has 0 spiro atoms. The Hall–Kier alpha value is -3.74. The van der Waals surface area contributed by atoms with Gasteiger partial charge in [-0.3, -0.25) is 4.79 Å². The smallest absolute Gasteiger partial charge is 0.336 e. The predicted molar refractivity (Wildman–Crippen MR) is 132 cm³/mol. The highest BCUT2D eigenvalue weighted by atomic mass is 16.5. The topological polar surface area (TPSA) is 83.1 Å². The van der Waals surface area contributed by atoms with E-state index in [2.05, 4.69) is 17.4 Å². The average molecular weight is 478 g/mol. The minimum atomic E-state index is -0.622. The van der Waals surface area contributed by atoms with Crippen LogP contribution >= 0.6 is 0 Å². The third kappa shape index (κ3) is 4.50. The molecule has 7 heteroatoms. The van der Waals surface area contributed by atoms with E-state index in [4.69, 9.17) is 18.9 Å². The number of ether oxygens (including phenoxy) is 4. The number of carbonyl (C=O) groups excluding carboxylic acids is 2. The molecule has 1 aliphatic carbocycles. The van der Waals surface area contributed by atoms with Crippen LogP contribution in [-0.2, 0) is 14.3 Å². The van der Waals surface area contributed by atoms with Crippen molar-refractivity contribution in [1.29, 1.82) is 0 Å². The molecule has 0 saturated heterocycles. The van der Waals surface area contributed by atoms with E-state index in [9.17, 15) is 9.59 Å². The standard InChI is InChI=1S/C28H31NO6/c1-6-35-28(31)24-16(2)29-20-12-18(17-10-8-7-9-11-17)13-21(30)26(20)25(24)19-14-22(32-3)27(34-5)23(15-19)33-4/h7-11,14-15,18,25,29H,6,12-13H2,1-5H3/t18-,25+/m0/s1. The van der Waals surface area contributed by atoms with Gasteiger partial charge in [-0.05, 0) is 49.4 Å². The van der Waals surface area contributed by atoms with Gasteiger partial charge in [0, 0.05) is 29.3 Å². The molecule has 7 nitrogen and oxygen atoms in total. The molecular formula is C28H31NO6. The zero-order valence-corrected chi connectivity index (χ0v) is 20.8. The van der Waals surface area contributed by atoms with Crippen molar-refractivity contribution in [1.82, 2.24) is 5.32 Å². The molecule has 0 amide bonds. The van der Waals surface area contributed by atoms with E-state index in [0.717, 1.165) is 11.3 Å². The number of hydrogen-bond acceptors (Lipinski definition) is 7. The van der Waals surface area contributed by atoms with Crippen molar-refractivity contribution >= 4 is 11.8 Å². The summed E-state index contributed by atoms with van der Waals surface area (Å²) in [6.45, 7) is 3.84. The zero-order valence-electron chi connectivity index (χ0n) is 20.8. The largest absolute Gasteiger partial charge is 0.493 e. The van der Waals surface area contributed by atoms with Crippen LogP contribution in [0.4, 0.5) is 0 Å². The summed E-state index contributed by atoms with van der Waals surface area (Å²) in [5, 5.41) is 3.37. The van der Waals surface area contributed by atoms with Gasteiger partial charge in [0.15, 0.2) is 17.3 Å². The molecule has 2 aromatic rings. The molecule has 0 aromatic heterocycles. The first-order valence-electron chi connectivity index (χ1n) is 11.7. The van der Waals surface area contributed by atoms with Gasteiger partial charge in [-0.25, -0.2) is 4.79 Å². The maximum absolute atomic E-state index is 13.7. The van der Waals surface area contributed by atoms with Crippen LogP contribution in [0.1, 0.15) is 49.7 Å². The lowest BCUT2D eigenvalue weighted by Gasteiger charge is -2.37. The molecule has 0 saturated carbocycles. The molecule has 0 bridgehead atoms. The van der Waals surface area contributed by atoms with Crippen molar-refractivity contribution in [2.24, 2.45) is 0 Å². The highest BCUT2D eigenvalue weighted by molar-refractivity contribution is 6.04. The molecule has 2 atom stereocenters. The SMILES string of the molecule is CCOC(=O)C1=C(C)NC2=C(C(=O)C[C@@H](c3ccccc3)C2)[C@@H]1c1cc(OC)c(OC)c(OC)c1. The van der Waals surface area contributed by atoms with E-state index in [0.29, 0.717) is 52.5 Å². The molecule has 1 heterocycles. The monoisotopic (exact) mass is 477 g/mol. The summed E-state index contributed by atoms with van der Waals surface area (Å²) >= 11 is 0. The Balaban J connectivity index is 1.88. The molecule has 0 radical (unpaired) electrons. The number of ketones is 1. The first-order chi connectivity index (χ1) is 16.9. The molecule has 0 unspecified atom stereocenters. The lowest BCUT2D eigenvalue weighted by molar-refractivity contribution is -0.138. The lowest BCUT2D eigenvalue weighted by Crippen LogP contribution is -2.36. The van der Waals surface area contributed by atoms with Crippen molar-refractivity contribution in [2.45, 2.75) is 38.5 Å². The Morgan fingerprint density at radius 3 is 2.20 bits per heavy atom. The van der Waals surface area contributed by atoms with Crippen LogP contribution in [0, 0.1) is 0 Å². The minimum Gasteiger partial charge on any atom is -0.493 e. The average Bonchev–Trinajstić information content (AvgIpc) is 2.87. The van der Waals surface area contributed by atoms with Gasteiger partial charge in [0.05, 0.1) is 33.5 Å². The van der Waals surface area contributed by atoms with E-state index in [1.807, 2.05) is 25.1 Å². The summed E-state index contributed by atoms with van der Waals surface area (Å²) in [5.74, 6) is 0.333. The fourth-order valence-corrected chi connectivity index (χ4v) is 5.08. The number of esters is 1. The van der Waals surface area contributed by atoms with E-state index in [1.165, 1.54) is 21.3 Å². The number of carbonyl (C=O) groups is 2. The van der Waals surface area contributed by atoms with Crippen LogP contribution in [0.5, 0.6) is 17.2 Å². The lowest BCUT2D eigenvalue weighted by atomic mass is 9.71. The van der Waals surface area contributed by atoms with Crippen LogP contribution in [0.25, 0.3) is 0 Å². The van der Waals surface area contributed by atoms with Gasteiger partial charge in [0.25, 0.3) is 0 Å². The van der Waals surface area contributed by atoms with Crippen LogP contribution in [0.15, 0.2) is 65.0 Å². The van der Waals surface area contributed by atoms with Crippen molar-refractivity contribution in [3.8, 4) is 17.2 Å². The molecule has 2 aliphatic rings. The summed E-state index contributed by atoms with van der Waals surface area (Å²) in [7, 11) is 4.61. The molecule has 1 N–H and O–H groups in total. The fourth-order valence-electron chi connectivity index (χ4n) is 5.08. The Bertz CT molecular complexity index is 1170. The Morgan fingerprint density at radius 2 is 1.63 bits per heavy atom. The number of allylic oxidation sites excluding steroid dienone is 3. The maximum atomic E-state index is 13.7. The molecule has 184 valence electrons. The van der Waals surface area contributed by atoms with E-state index >= 15 is 0 Å². The second kappa shape index (κ2) is 10.3. The highest BCUT2D eigenvalue weighted by Gasteiger charge is 2.42. The van der Waals surface area contributed by atoms with Crippen LogP contribution in [0.2, 0.25) is 0 Å². The van der Waals surface area contributed by atoms with E-state index < -0.39 is 11.9 Å². The van der Waals surface area contributed by atoms with Crippen LogP contribution in [0.3, 0.4) is 0 Å². The van der Waals surface area contributed by atoms with Gasteiger partial charge in [0.1, 0.15) is 0 Å². The minimum absolute atomic E-state index is 0.000605. The highest BCUT2D eigenvalue weighted by Crippen LogP contribution is 2.49. The predicted octanol–water partition coefficient (Wildman–Crippen LogP) is 4.64. The van der Waals surface area contributed by atoms with Gasteiger partial charge in [-0.2, -0.15) is 0 Å². The quantitative estimate of drug-likeness (QED) is 0.582. The summed E-state index contributed by atoms with van der Waals surface area (Å²) in [5.41, 5.74) is 4.31. The number of Topliss-reactive ketones (excluding diaryl/α,β-unsaturated/α-hetero) is 1. The zero-order chi connectivity index (χ0) is 25.1. The maximum Gasteiger partial charge on any atom is 0.336 e. The third-order valence-electron chi connectivity index (χ3n) is 6.61. The molecular weight excluding hydrogens is 446 g/mol. The van der Waals surface area contributed by atoms with Crippen LogP contribution < -0.4 is 19.5 Å². The van der Waals surface area contributed by atoms with Crippen molar-refractivity contribution in [2.75, 3.05) is 27.9 Å². The summed E-state index contributed by atoms with van der Waals surface area (Å²) in [4.78, 5) is 26.9. The summed E-state index contributed by atoms with van der Waals surface area (Å²) in [6.07, 6.45) is 1.03. The summed E-state index contributed by atoms with van der Waals surface area (Å²) < 4.78 is 22.0. The number of benzene rings is 2. The summed E-state index contributed by atoms with van der Waals surface area (Å²) in [6, 6.07) is 13.6. The number of rotatable bonds is 7. The van der Waals surface area contributed by atoms with E-state index in [1.54, 1.807) is 19.1 Å².